The first-order valence-corrected chi connectivity index (χ1v) is 4.05. The lowest BCUT2D eigenvalue weighted by molar-refractivity contribution is -0.104. The SMILES string of the molecule is COc1ccccc1/C(C)=C\C=O. The molecule has 0 saturated carbocycles. The molecular formula is C11H12O2. The summed E-state index contributed by atoms with van der Waals surface area (Å²) in [6.45, 7) is 1.88. The minimum Gasteiger partial charge on any atom is -0.496 e. The van der Waals surface area contributed by atoms with E-state index in [4.69, 9.17) is 4.74 Å². The van der Waals surface area contributed by atoms with Crippen LogP contribution in [0.4, 0.5) is 0 Å². The summed E-state index contributed by atoms with van der Waals surface area (Å²) in [7, 11) is 1.62. The second kappa shape index (κ2) is 4.45. The summed E-state index contributed by atoms with van der Waals surface area (Å²) in [5.74, 6) is 0.790. The van der Waals surface area contributed by atoms with Gasteiger partial charge in [0.2, 0.25) is 0 Å². The van der Waals surface area contributed by atoms with Gasteiger partial charge in [0.15, 0.2) is 0 Å². The maximum Gasteiger partial charge on any atom is 0.143 e. The van der Waals surface area contributed by atoms with E-state index in [9.17, 15) is 4.79 Å². The Bertz CT molecular complexity index is 327. The molecule has 2 heteroatoms. The zero-order valence-corrected chi connectivity index (χ0v) is 7.78. The summed E-state index contributed by atoms with van der Waals surface area (Å²) in [4.78, 5) is 10.3. The molecule has 0 aliphatic carbocycles. The van der Waals surface area contributed by atoms with E-state index in [0.717, 1.165) is 23.2 Å². The van der Waals surface area contributed by atoms with Crippen LogP contribution in [0.1, 0.15) is 12.5 Å². The summed E-state index contributed by atoms with van der Waals surface area (Å²) in [6.07, 6.45) is 2.31. The van der Waals surface area contributed by atoms with Gasteiger partial charge in [-0.3, -0.25) is 4.79 Å². The fourth-order valence-corrected chi connectivity index (χ4v) is 1.16. The fraction of sp³-hybridized carbons (Fsp3) is 0.182. The van der Waals surface area contributed by atoms with Crippen molar-refractivity contribution in [3.63, 3.8) is 0 Å². The second-order valence-corrected chi connectivity index (χ2v) is 2.69. The molecule has 0 bridgehead atoms. The number of ether oxygens (including phenoxy) is 1. The minimum atomic E-state index is 0.780. The van der Waals surface area contributed by atoms with Crippen LogP contribution in [0.25, 0.3) is 5.57 Å². The zero-order chi connectivity index (χ0) is 9.68. The summed E-state index contributed by atoms with van der Waals surface area (Å²) >= 11 is 0. The molecule has 0 aliphatic rings. The molecule has 2 nitrogen and oxygen atoms in total. The first-order chi connectivity index (χ1) is 6.29. The van der Waals surface area contributed by atoms with Gasteiger partial charge in [-0.1, -0.05) is 18.2 Å². The van der Waals surface area contributed by atoms with Crippen molar-refractivity contribution in [3.8, 4) is 5.75 Å². The Balaban J connectivity index is 3.12. The van der Waals surface area contributed by atoms with Crippen molar-refractivity contribution in [2.24, 2.45) is 0 Å². The summed E-state index contributed by atoms with van der Waals surface area (Å²) in [5.41, 5.74) is 1.87. The molecule has 0 aliphatic heterocycles. The molecule has 0 atom stereocenters. The van der Waals surface area contributed by atoms with Crippen LogP contribution in [-0.4, -0.2) is 13.4 Å². The summed E-state index contributed by atoms with van der Waals surface area (Å²) < 4.78 is 5.16. The second-order valence-electron chi connectivity index (χ2n) is 2.69. The standard InChI is InChI=1S/C11H12O2/c1-9(7-8-12)10-5-3-4-6-11(10)13-2/h3-8H,1-2H3/b9-7-. The molecule has 0 unspecified atom stereocenters. The van der Waals surface area contributed by atoms with Crippen LogP contribution < -0.4 is 4.74 Å². The Morgan fingerprint density at radius 1 is 1.38 bits per heavy atom. The van der Waals surface area contributed by atoms with E-state index in [-0.39, 0.29) is 0 Å². The van der Waals surface area contributed by atoms with Gasteiger partial charge in [-0.25, -0.2) is 0 Å². The average molecular weight is 176 g/mol. The third-order valence-electron chi connectivity index (χ3n) is 1.85. The number of carbonyl (C=O) groups is 1. The number of hydrogen-bond acceptors (Lipinski definition) is 2. The molecular weight excluding hydrogens is 164 g/mol. The smallest absolute Gasteiger partial charge is 0.143 e. The van der Waals surface area contributed by atoms with E-state index in [2.05, 4.69) is 0 Å². The maximum absolute atomic E-state index is 10.3. The van der Waals surface area contributed by atoms with Crippen molar-refractivity contribution >= 4 is 11.9 Å². The normalized spacial score (nSPS) is 11.1. The monoisotopic (exact) mass is 176 g/mol. The van der Waals surface area contributed by atoms with Gasteiger partial charge >= 0.3 is 0 Å². The predicted molar refractivity (Wildman–Crippen MR) is 52.7 cm³/mol. The van der Waals surface area contributed by atoms with E-state index in [1.807, 2.05) is 31.2 Å². The number of rotatable bonds is 3. The Labute approximate surface area is 77.8 Å². The first kappa shape index (κ1) is 9.52. The van der Waals surface area contributed by atoms with Gasteiger partial charge < -0.3 is 4.74 Å². The summed E-state index contributed by atoms with van der Waals surface area (Å²) in [5, 5.41) is 0. The molecule has 0 heterocycles. The lowest BCUT2D eigenvalue weighted by atomic mass is 10.1. The molecule has 0 N–H and O–H groups in total. The lowest BCUT2D eigenvalue weighted by Crippen LogP contribution is -1.89. The third-order valence-corrected chi connectivity index (χ3v) is 1.85. The first-order valence-electron chi connectivity index (χ1n) is 4.05. The Morgan fingerprint density at radius 2 is 2.08 bits per heavy atom. The van der Waals surface area contributed by atoms with Crippen LogP contribution in [0.2, 0.25) is 0 Å². The van der Waals surface area contributed by atoms with Crippen LogP contribution in [-0.2, 0) is 4.79 Å². The van der Waals surface area contributed by atoms with Crippen LogP contribution in [0.3, 0.4) is 0 Å². The van der Waals surface area contributed by atoms with E-state index in [1.165, 1.54) is 6.08 Å². The zero-order valence-electron chi connectivity index (χ0n) is 7.78. The average Bonchev–Trinajstić information content (AvgIpc) is 2.18. The van der Waals surface area contributed by atoms with E-state index in [1.54, 1.807) is 7.11 Å². The number of aldehydes is 1. The fourth-order valence-electron chi connectivity index (χ4n) is 1.16. The highest BCUT2D eigenvalue weighted by Crippen LogP contribution is 2.24. The lowest BCUT2D eigenvalue weighted by Gasteiger charge is -2.06. The van der Waals surface area contributed by atoms with Gasteiger partial charge in [-0.15, -0.1) is 0 Å². The Kier molecular flexibility index (Phi) is 3.26. The van der Waals surface area contributed by atoms with Crippen molar-refractivity contribution in [2.45, 2.75) is 6.92 Å². The molecule has 1 aromatic rings. The van der Waals surface area contributed by atoms with Crippen molar-refractivity contribution in [3.05, 3.63) is 35.9 Å². The van der Waals surface area contributed by atoms with E-state index in [0.29, 0.717) is 0 Å². The van der Waals surface area contributed by atoms with Crippen LogP contribution in [0.5, 0.6) is 5.75 Å². The number of carbonyl (C=O) groups excluding carboxylic acids is 1. The number of hydrogen-bond donors (Lipinski definition) is 0. The molecule has 1 aromatic carbocycles. The molecule has 68 valence electrons. The molecule has 0 aromatic heterocycles. The highest BCUT2D eigenvalue weighted by atomic mass is 16.5. The van der Waals surface area contributed by atoms with E-state index >= 15 is 0 Å². The van der Waals surface area contributed by atoms with Crippen LogP contribution >= 0.6 is 0 Å². The van der Waals surface area contributed by atoms with Crippen LogP contribution in [0, 0.1) is 0 Å². The number of benzene rings is 1. The van der Waals surface area contributed by atoms with Crippen molar-refractivity contribution < 1.29 is 9.53 Å². The molecule has 0 saturated heterocycles. The molecule has 13 heavy (non-hydrogen) atoms. The molecule has 0 amide bonds. The number of allylic oxidation sites excluding steroid dienone is 2. The van der Waals surface area contributed by atoms with Crippen LogP contribution in [0.15, 0.2) is 30.3 Å². The number of methoxy groups -OCH3 is 1. The van der Waals surface area contributed by atoms with Crippen molar-refractivity contribution in [1.82, 2.24) is 0 Å². The van der Waals surface area contributed by atoms with Gasteiger partial charge in [0.1, 0.15) is 12.0 Å². The molecule has 1 rings (SSSR count). The van der Waals surface area contributed by atoms with Gasteiger partial charge in [0.25, 0.3) is 0 Å². The largest absolute Gasteiger partial charge is 0.496 e. The molecule has 0 fully saturated rings. The predicted octanol–water partition coefficient (Wildman–Crippen LogP) is 2.30. The quantitative estimate of drug-likeness (QED) is 0.521. The topological polar surface area (TPSA) is 26.3 Å². The molecule has 0 radical (unpaired) electrons. The van der Waals surface area contributed by atoms with Gasteiger partial charge in [0, 0.05) is 5.56 Å². The highest BCUT2D eigenvalue weighted by molar-refractivity contribution is 5.82. The van der Waals surface area contributed by atoms with Gasteiger partial charge in [0.05, 0.1) is 7.11 Å². The van der Waals surface area contributed by atoms with Crippen molar-refractivity contribution in [2.75, 3.05) is 7.11 Å². The third kappa shape index (κ3) is 2.18. The number of para-hydroxylation sites is 1. The van der Waals surface area contributed by atoms with Gasteiger partial charge in [-0.2, -0.15) is 0 Å². The van der Waals surface area contributed by atoms with Crippen molar-refractivity contribution in [1.29, 1.82) is 0 Å². The maximum atomic E-state index is 10.3. The van der Waals surface area contributed by atoms with E-state index < -0.39 is 0 Å². The summed E-state index contributed by atoms with van der Waals surface area (Å²) in [6, 6.07) is 7.61. The minimum absolute atomic E-state index is 0.780. The Hall–Kier alpha value is -1.57. The molecule has 0 spiro atoms. The van der Waals surface area contributed by atoms with Gasteiger partial charge in [-0.05, 0) is 24.6 Å². The Morgan fingerprint density at radius 3 is 2.69 bits per heavy atom. The highest BCUT2D eigenvalue weighted by Gasteiger charge is 2.01.